The molecule has 0 aliphatic carbocycles. The summed E-state index contributed by atoms with van der Waals surface area (Å²) in [6.45, 7) is 1.20. The first kappa shape index (κ1) is 28.8. The minimum atomic E-state index is -4.21. The summed E-state index contributed by atoms with van der Waals surface area (Å²) in [5.74, 6) is -0.967. The fourth-order valence-electron chi connectivity index (χ4n) is 3.79. The molecule has 0 radical (unpaired) electrons. The van der Waals surface area contributed by atoms with Crippen molar-refractivity contribution in [1.29, 1.82) is 0 Å². The van der Waals surface area contributed by atoms with E-state index in [-0.39, 0.29) is 23.0 Å². The SMILES string of the molecule is CCC(C(=O)NC)N(Cc1ccccc1Cl)C(=O)CN(c1cccc(Cl)c1)S(=O)(=O)c1ccc(Cl)cc1. The van der Waals surface area contributed by atoms with Gasteiger partial charge < -0.3 is 10.2 Å². The molecule has 0 saturated carbocycles. The highest BCUT2D eigenvalue weighted by Gasteiger charge is 2.33. The predicted molar refractivity (Wildman–Crippen MR) is 148 cm³/mol. The van der Waals surface area contributed by atoms with Gasteiger partial charge in [-0.3, -0.25) is 13.9 Å². The highest BCUT2D eigenvalue weighted by molar-refractivity contribution is 7.92. The van der Waals surface area contributed by atoms with Crippen molar-refractivity contribution in [2.45, 2.75) is 30.8 Å². The lowest BCUT2D eigenvalue weighted by molar-refractivity contribution is -0.140. The molecular formula is C26H26Cl3N3O4S. The van der Waals surface area contributed by atoms with Gasteiger partial charge in [-0.05, 0) is 60.5 Å². The van der Waals surface area contributed by atoms with Crippen molar-refractivity contribution >= 4 is 62.3 Å². The third kappa shape index (κ3) is 6.96. The molecule has 0 bridgehead atoms. The summed E-state index contributed by atoms with van der Waals surface area (Å²) in [6, 6.07) is 17.9. The minimum absolute atomic E-state index is 0.00874. The average molecular weight is 583 g/mol. The largest absolute Gasteiger partial charge is 0.357 e. The van der Waals surface area contributed by atoms with E-state index >= 15 is 0 Å². The Morgan fingerprint density at radius 3 is 2.19 bits per heavy atom. The van der Waals surface area contributed by atoms with Gasteiger partial charge >= 0.3 is 0 Å². The van der Waals surface area contributed by atoms with Crippen molar-refractivity contribution < 1.29 is 18.0 Å². The number of hydrogen-bond acceptors (Lipinski definition) is 4. The van der Waals surface area contributed by atoms with Gasteiger partial charge in [-0.25, -0.2) is 8.42 Å². The van der Waals surface area contributed by atoms with Crippen molar-refractivity contribution in [3.05, 3.63) is 93.4 Å². The Balaban J connectivity index is 2.07. The van der Waals surface area contributed by atoms with E-state index in [9.17, 15) is 18.0 Å². The van der Waals surface area contributed by atoms with E-state index in [0.29, 0.717) is 27.1 Å². The second-order valence-corrected chi connectivity index (χ2v) is 11.2. The Morgan fingerprint density at radius 2 is 1.59 bits per heavy atom. The molecule has 1 N–H and O–H groups in total. The normalized spacial score (nSPS) is 12.0. The van der Waals surface area contributed by atoms with Crippen LogP contribution in [0, 0.1) is 0 Å². The molecule has 3 rings (SSSR count). The summed E-state index contributed by atoms with van der Waals surface area (Å²) in [5, 5.41) is 3.67. The minimum Gasteiger partial charge on any atom is -0.357 e. The van der Waals surface area contributed by atoms with Gasteiger partial charge in [0, 0.05) is 28.7 Å². The number of rotatable bonds is 10. The standard InChI is InChI=1S/C26H26Cl3N3O4S/c1-3-24(26(34)30-2)31(16-18-7-4-5-10-23(18)29)25(33)17-32(21-9-6-8-20(28)15-21)37(35,36)22-13-11-19(27)12-14-22/h4-15,24H,3,16-17H2,1-2H3,(H,30,34). The molecular weight excluding hydrogens is 557 g/mol. The molecule has 1 atom stereocenters. The number of carbonyl (C=O) groups is 2. The molecule has 11 heteroatoms. The summed E-state index contributed by atoms with van der Waals surface area (Å²) >= 11 is 18.5. The van der Waals surface area contributed by atoms with Crippen LogP contribution in [0.4, 0.5) is 5.69 Å². The first-order valence-electron chi connectivity index (χ1n) is 11.4. The molecule has 0 aliphatic rings. The molecule has 0 fully saturated rings. The van der Waals surface area contributed by atoms with Crippen molar-refractivity contribution in [1.82, 2.24) is 10.2 Å². The number of anilines is 1. The lowest BCUT2D eigenvalue weighted by Crippen LogP contribution is -2.51. The number of sulfonamides is 1. The number of nitrogens with zero attached hydrogens (tertiary/aromatic N) is 2. The summed E-state index contributed by atoms with van der Waals surface area (Å²) in [4.78, 5) is 27.8. The van der Waals surface area contributed by atoms with E-state index in [1.807, 2.05) is 0 Å². The third-order valence-electron chi connectivity index (χ3n) is 5.71. The van der Waals surface area contributed by atoms with Crippen LogP contribution in [0.3, 0.4) is 0 Å². The maximum Gasteiger partial charge on any atom is 0.264 e. The van der Waals surface area contributed by atoms with Crippen molar-refractivity contribution in [3.8, 4) is 0 Å². The molecule has 0 aliphatic heterocycles. The van der Waals surface area contributed by atoms with E-state index in [0.717, 1.165) is 4.31 Å². The van der Waals surface area contributed by atoms with E-state index < -0.39 is 28.5 Å². The zero-order chi connectivity index (χ0) is 27.2. The maximum atomic E-state index is 13.8. The molecule has 0 aromatic heterocycles. The van der Waals surface area contributed by atoms with Gasteiger partial charge in [-0.2, -0.15) is 0 Å². The van der Waals surface area contributed by atoms with Crippen LogP contribution in [0.1, 0.15) is 18.9 Å². The Hall–Kier alpha value is -2.78. The van der Waals surface area contributed by atoms with Crippen molar-refractivity contribution in [2.75, 3.05) is 17.9 Å². The molecule has 0 heterocycles. The maximum absolute atomic E-state index is 13.8. The molecule has 3 aromatic rings. The van der Waals surface area contributed by atoms with Gasteiger partial charge in [0.1, 0.15) is 12.6 Å². The van der Waals surface area contributed by atoms with Gasteiger partial charge in [-0.1, -0.05) is 66.0 Å². The number of amides is 2. The summed E-state index contributed by atoms with van der Waals surface area (Å²) in [5.41, 5.74) is 0.816. The van der Waals surface area contributed by atoms with Crippen LogP contribution in [-0.4, -0.2) is 44.8 Å². The third-order valence-corrected chi connectivity index (χ3v) is 8.35. The molecule has 7 nitrogen and oxygen atoms in total. The van der Waals surface area contributed by atoms with E-state index in [1.165, 1.54) is 42.3 Å². The number of halogens is 3. The van der Waals surface area contributed by atoms with Crippen LogP contribution in [-0.2, 0) is 26.2 Å². The zero-order valence-corrected chi connectivity index (χ0v) is 23.3. The molecule has 2 amide bonds. The fraction of sp³-hybridized carbons (Fsp3) is 0.231. The van der Waals surface area contributed by atoms with Gasteiger partial charge in [0.15, 0.2) is 0 Å². The van der Waals surface area contributed by atoms with Crippen molar-refractivity contribution in [2.24, 2.45) is 0 Å². The van der Waals surface area contributed by atoms with Crippen LogP contribution in [0.25, 0.3) is 0 Å². The Bertz CT molecular complexity index is 1370. The Labute approximate surface area is 232 Å². The van der Waals surface area contributed by atoms with Crippen LogP contribution in [0.2, 0.25) is 15.1 Å². The van der Waals surface area contributed by atoms with Crippen LogP contribution in [0.15, 0.2) is 77.7 Å². The lowest BCUT2D eigenvalue weighted by Gasteiger charge is -2.33. The molecule has 196 valence electrons. The number of benzene rings is 3. The first-order valence-corrected chi connectivity index (χ1v) is 13.9. The van der Waals surface area contributed by atoms with Gasteiger partial charge in [0.25, 0.3) is 10.0 Å². The summed E-state index contributed by atoms with van der Waals surface area (Å²) in [7, 11) is -2.73. The van der Waals surface area contributed by atoms with E-state index in [4.69, 9.17) is 34.8 Å². The summed E-state index contributed by atoms with van der Waals surface area (Å²) < 4.78 is 28.4. The Morgan fingerprint density at radius 1 is 0.919 bits per heavy atom. The molecule has 37 heavy (non-hydrogen) atoms. The molecule has 1 unspecified atom stereocenters. The van der Waals surface area contributed by atoms with Crippen LogP contribution < -0.4 is 9.62 Å². The van der Waals surface area contributed by atoms with Gasteiger partial charge in [0.2, 0.25) is 11.8 Å². The van der Waals surface area contributed by atoms with Gasteiger partial charge in [0.05, 0.1) is 10.6 Å². The molecule has 0 spiro atoms. The van der Waals surface area contributed by atoms with Crippen LogP contribution >= 0.6 is 34.8 Å². The predicted octanol–water partition coefficient (Wildman–Crippen LogP) is 5.40. The quantitative estimate of drug-likeness (QED) is 0.347. The topological polar surface area (TPSA) is 86.8 Å². The zero-order valence-electron chi connectivity index (χ0n) is 20.2. The molecule has 3 aromatic carbocycles. The number of likely N-dealkylation sites (N-methyl/N-ethyl adjacent to an activating group) is 1. The van der Waals surface area contributed by atoms with E-state index in [2.05, 4.69) is 5.32 Å². The highest BCUT2D eigenvalue weighted by atomic mass is 35.5. The molecule has 0 saturated heterocycles. The van der Waals surface area contributed by atoms with E-state index in [1.54, 1.807) is 49.4 Å². The van der Waals surface area contributed by atoms with Crippen molar-refractivity contribution in [3.63, 3.8) is 0 Å². The average Bonchev–Trinajstić information content (AvgIpc) is 2.88. The van der Waals surface area contributed by atoms with Crippen LogP contribution in [0.5, 0.6) is 0 Å². The second-order valence-electron chi connectivity index (χ2n) is 8.10. The number of hydrogen-bond donors (Lipinski definition) is 1. The smallest absolute Gasteiger partial charge is 0.264 e. The lowest BCUT2D eigenvalue weighted by atomic mass is 10.1. The monoisotopic (exact) mass is 581 g/mol. The highest BCUT2D eigenvalue weighted by Crippen LogP contribution is 2.28. The second kappa shape index (κ2) is 12.6. The number of carbonyl (C=O) groups excluding carboxylic acids is 2. The number of nitrogens with one attached hydrogen (secondary N) is 1. The Kier molecular flexibility index (Phi) is 9.84. The fourth-order valence-corrected chi connectivity index (χ4v) is 5.70. The first-order chi connectivity index (χ1) is 17.6. The summed E-state index contributed by atoms with van der Waals surface area (Å²) in [6.07, 6.45) is 0.303. The van der Waals surface area contributed by atoms with Gasteiger partial charge in [-0.15, -0.1) is 0 Å².